The molecule has 3 N–H and O–H groups in total. The van der Waals surface area contributed by atoms with E-state index >= 15 is 0 Å². The average Bonchev–Trinajstić information content (AvgIpc) is 2.66. The Labute approximate surface area is 159 Å². The molecule has 0 bridgehead atoms. The number of aromatic nitrogens is 1. The maximum atomic E-state index is 5.78. The molecule has 0 fully saturated rings. The van der Waals surface area contributed by atoms with Gasteiger partial charge in [-0.2, -0.15) is 5.10 Å². The molecule has 0 aliphatic heterocycles. The SMILES string of the molecule is C(/Cc1ccc(OCc2ccccc2)cc1)=N\Nc1ccncc1.Cl.O. The first kappa shape index (κ1) is 21.2. The van der Waals surface area contributed by atoms with E-state index in [0.717, 1.165) is 23.4 Å². The van der Waals surface area contributed by atoms with E-state index in [1.165, 1.54) is 5.56 Å². The van der Waals surface area contributed by atoms with Crippen molar-refractivity contribution in [3.05, 3.63) is 90.3 Å². The zero-order valence-corrected chi connectivity index (χ0v) is 15.0. The lowest BCUT2D eigenvalue weighted by atomic mass is 10.1. The van der Waals surface area contributed by atoms with Gasteiger partial charge in [-0.15, -0.1) is 12.4 Å². The molecule has 1 heterocycles. The van der Waals surface area contributed by atoms with E-state index in [1.54, 1.807) is 12.4 Å². The van der Waals surface area contributed by atoms with Gasteiger partial charge in [0, 0.05) is 25.0 Å². The van der Waals surface area contributed by atoms with Gasteiger partial charge in [-0.1, -0.05) is 42.5 Å². The van der Waals surface area contributed by atoms with E-state index in [-0.39, 0.29) is 17.9 Å². The number of benzene rings is 2. The standard InChI is InChI=1S/C20H19N3O.ClH.H2O/c1-2-4-18(5-3-1)16-24-20-8-6-17(7-9-20)10-15-22-23-19-11-13-21-14-12-19;;/h1-9,11-15H,10,16H2,(H,21,23);1H;1H2/b22-15+;;. The Morgan fingerprint density at radius 3 is 2.27 bits per heavy atom. The molecular formula is C20H22ClN3O2. The minimum absolute atomic E-state index is 0. The summed E-state index contributed by atoms with van der Waals surface area (Å²) in [6.07, 6.45) is 6.06. The number of nitrogens with zero attached hydrogens (tertiary/aromatic N) is 2. The summed E-state index contributed by atoms with van der Waals surface area (Å²) in [5.41, 5.74) is 6.24. The summed E-state index contributed by atoms with van der Waals surface area (Å²) in [6.45, 7) is 0.581. The fraction of sp³-hybridized carbons (Fsp3) is 0.100. The van der Waals surface area contributed by atoms with Gasteiger partial charge in [0.1, 0.15) is 12.4 Å². The molecule has 26 heavy (non-hydrogen) atoms. The Hall–Kier alpha value is -2.89. The fourth-order valence-electron chi connectivity index (χ4n) is 2.16. The van der Waals surface area contributed by atoms with Gasteiger partial charge in [0.2, 0.25) is 0 Å². The summed E-state index contributed by atoms with van der Waals surface area (Å²) in [7, 11) is 0. The van der Waals surface area contributed by atoms with Crippen molar-refractivity contribution >= 4 is 24.3 Å². The summed E-state index contributed by atoms with van der Waals surface area (Å²) in [4.78, 5) is 3.96. The van der Waals surface area contributed by atoms with E-state index in [1.807, 2.05) is 48.7 Å². The van der Waals surface area contributed by atoms with Gasteiger partial charge in [0.15, 0.2) is 0 Å². The molecule has 0 radical (unpaired) electrons. The highest BCUT2D eigenvalue weighted by Gasteiger charge is 1.96. The topological polar surface area (TPSA) is 78.0 Å². The maximum absolute atomic E-state index is 5.78. The van der Waals surface area contributed by atoms with E-state index in [0.29, 0.717) is 6.61 Å². The Balaban J connectivity index is 0.00000169. The number of rotatable bonds is 7. The second-order valence-electron chi connectivity index (χ2n) is 5.28. The van der Waals surface area contributed by atoms with E-state index in [9.17, 15) is 0 Å². The van der Waals surface area contributed by atoms with Gasteiger partial charge >= 0.3 is 0 Å². The summed E-state index contributed by atoms with van der Waals surface area (Å²) < 4.78 is 5.78. The average molecular weight is 372 g/mol. The fourth-order valence-corrected chi connectivity index (χ4v) is 2.16. The van der Waals surface area contributed by atoms with Gasteiger partial charge in [0.25, 0.3) is 0 Å². The van der Waals surface area contributed by atoms with Crippen molar-refractivity contribution in [1.82, 2.24) is 4.98 Å². The van der Waals surface area contributed by atoms with Crippen LogP contribution in [0.1, 0.15) is 11.1 Å². The molecule has 136 valence electrons. The lowest BCUT2D eigenvalue weighted by Gasteiger charge is -2.06. The number of nitrogens with one attached hydrogen (secondary N) is 1. The molecule has 0 aliphatic rings. The summed E-state index contributed by atoms with van der Waals surface area (Å²) >= 11 is 0. The Morgan fingerprint density at radius 1 is 0.885 bits per heavy atom. The Morgan fingerprint density at radius 2 is 1.58 bits per heavy atom. The molecule has 0 saturated carbocycles. The maximum Gasteiger partial charge on any atom is 0.119 e. The summed E-state index contributed by atoms with van der Waals surface area (Å²) in [5, 5.41) is 4.20. The van der Waals surface area contributed by atoms with E-state index < -0.39 is 0 Å². The van der Waals surface area contributed by atoms with E-state index in [4.69, 9.17) is 4.74 Å². The quantitative estimate of drug-likeness (QED) is 0.505. The largest absolute Gasteiger partial charge is 0.489 e. The zero-order chi connectivity index (χ0) is 16.5. The van der Waals surface area contributed by atoms with Crippen molar-refractivity contribution in [1.29, 1.82) is 0 Å². The Kier molecular flexibility index (Phi) is 9.46. The van der Waals surface area contributed by atoms with Gasteiger partial charge in [0.05, 0.1) is 5.69 Å². The van der Waals surface area contributed by atoms with Crippen molar-refractivity contribution in [2.75, 3.05) is 5.43 Å². The minimum Gasteiger partial charge on any atom is -0.489 e. The van der Waals surface area contributed by atoms with Crippen LogP contribution in [-0.4, -0.2) is 16.7 Å². The third-order valence-electron chi connectivity index (χ3n) is 3.46. The molecule has 0 atom stereocenters. The van der Waals surface area contributed by atoms with Crippen LogP contribution >= 0.6 is 12.4 Å². The van der Waals surface area contributed by atoms with Crippen molar-refractivity contribution < 1.29 is 10.2 Å². The third-order valence-corrected chi connectivity index (χ3v) is 3.46. The summed E-state index contributed by atoms with van der Waals surface area (Å²) in [6, 6.07) is 22.0. The molecule has 6 heteroatoms. The predicted octanol–water partition coefficient (Wildman–Crippen LogP) is 3.90. The van der Waals surface area contributed by atoms with Crippen LogP contribution in [0.2, 0.25) is 0 Å². The molecule has 0 saturated heterocycles. The molecule has 2 aromatic carbocycles. The first-order valence-electron chi connectivity index (χ1n) is 7.83. The van der Waals surface area contributed by atoms with Crippen molar-refractivity contribution in [3.63, 3.8) is 0 Å². The third kappa shape index (κ3) is 6.93. The molecule has 0 amide bonds. The highest BCUT2D eigenvalue weighted by Crippen LogP contribution is 2.14. The van der Waals surface area contributed by atoms with Crippen LogP contribution in [0.15, 0.2) is 84.2 Å². The number of hydrogen-bond donors (Lipinski definition) is 1. The van der Waals surface area contributed by atoms with Gasteiger partial charge in [-0.25, -0.2) is 0 Å². The van der Waals surface area contributed by atoms with Crippen LogP contribution in [0.25, 0.3) is 0 Å². The van der Waals surface area contributed by atoms with Crippen molar-refractivity contribution in [2.24, 2.45) is 5.10 Å². The first-order valence-corrected chi connectivity index (χ1v) is 7.83. The number of halogens is 1. The second-order valence-corrected chi connectivity index (χ2v) is 5.28. The highest BCUT2D eigenvalue weighted by molar-refractivity contribution is 5.85. The molecular weight excluding hydrogens is 350 g/mol. The van der Waals surface area contributed by atoms with Crippen molar-refractivity contribution in [2.45, 2.75) is 13.0 Å². The Bertz CT molecular complexity index is 766. The van der Waals surface area contributed by atoms with Crippen LogP contribution in [0.4, 0.5) is 5.69 Å². The smallest absolute Gasteiger partial charge is 0.119 e. The van der Waals surface area contributed by atoms with Gasteiger partial charge in [-0.05, 0) is 35.4 Å². The number of hydrazone groups is 1. The van der Waals surface area contributed by atoms with E-state index in [2.05, 4.69) is 39.8 Å². The van der Waals surface area contributed by atoms with Crippen molar-refractivity contribution in [3.8, 4) is 5.75 Å². The number of ether oxygens (including phenoxy) is 1. The number of anilines is 1. The normalized spacial score (nSPS) is 9.85. The highest BCUT2D eigenvalue weighted by atomic mass is 35.5. The molecule has 3 aromatic rings. The molecule has 0 spiro atoms. The van der Waals surface area contributed by atoms with Crippen LogP contribution in [0, 0.1) is 0 Å². The second kappa shape index (κ2) is 11.6. The molecule has 3 rings (SSSR count). The van der Waals surface area contributed by atoms with Crippen LogP contribution < -0.4 is 10.2 Å². The lowest BCUT2D eigenvalue weighted by Crippen LogP contribution is -1.96. The molecule has 0 aliphatic carbocycles. The van der Waals surface area contributed by atoms with Crippen LogP contribution in [0.3, 0.4) is 0 Å². The van der Waals surface area contributed by atoms with Gasteiger partial charge < -0.3 is 10.2 Å². The number of hydrogen-bond acceptors (Lipinski definition) is 4. The minimum atomic E-state index is 0. The lowest BCUT2D eigenvalue weighted by molar-refractivity contribution is 0.306. The van der Waals surface area contributed by atoms with Gasteiger partial charge in [-0.3, -0.25) is 10.4 Å². The van der Waals surface area contributed by atoms with Crippen LogP contribution in [-0.2, 0) is 13.0 Å². The zero-order valence-electron chi connectivity index (χ0n) is 14.2. The van der Waals surface area contributed by atoms with Crippen LogP contribution in [0.5, 0.6) is 5.75 Å². The first-order chi connectivity index (χ1) is 11.9. The molecule has 1 aromatic heterocycles. The molecule has 0 unspecified atom stereocenters. The predicted molar refractivity (Wildman–Crippen MR) is 108 cm³/mol. The number of pyridine rings is 1. The molecule has 5 nitrogen and oxygen atoms in total. The monoisotopic (exact) mass is 371 g/mol. The summed E-state index contributed by atoms with van der Waals surface area (Å²) in [5.74, 6) is 0.870.